The molecule has 1 N–H and O–H groups in total. The fraction of sp³-hybridized carbons (Fsp3) is 0.438. The molecule has 2 aromatic rings. The molecule has 1 aliphatic heterocycles. The van der Waals surface area contributed by atoms with Gasteiger partial charge in [-0.3, -0.25) is 9.59 Å². The number of likely N-dealkylation sites (tertiary alicyclic amines) is 1. The van der Waals surface area contributed by atoms with E-state index in [9.17, 15) is 9.59 Å². The standard InChI is InChI=1S/C16H19ClN4O2/c17-14-9-12(10-19-15(14)22)16(23)21-6-2-1-3-13(21)4-7-20-8-5-18-11-20/h5,8-11,13H,1-4,6-7H2,(H,19,22)/t13-/m0/s1. The number of pyridine rings is 1. The number of aryl methyl sites for hydroxylation is 1. The van der Waals surface area contributed by atoms with E-state index < -0.39 is 0 Å². The summed E-state index contributed by atoms with van der Waals surface area (Å²) in [6, 6.07) is 1.65. The van der Waals surface area contributed by atoms with E-state index in [2.05, 4.69) is 9.97 Å². The van der Waals surface area contributed by atoms with Crippen LogP contribution in [0.25, 0.3) is 0 Å². The Morgan fingerprint density at radius 3 is 3.04 bits per heavy atom. The second kappa shape index (κ2) is 7.00. The predicted octanol–water partition coefficient (Wildman–Crippen LogP) is 2.31. The first-order valence-electron chi connectivity index (χ1n) is 7.80. The molecule has 0 radical (unpaired) electrons. The molecule has 122 valence electrons. The van der Waals surface area contributed by atoms with Crippen LogP contribution in [-0.4, -0.2) is 37.9 Å². The number of aromatic amines is 1. The Morgan fingerprint density at radius 1 is 1.43 bits per heavy atom. The van der Waals surface area contributed by atoms with Gasteiger partial charge in [0.05, 0.1) is 11.9 Å². The van der Waals surface area contributed by atoms with Gasteiger partial charge in [0.15, 0.2) is 0 Å². The van der Waals surface area contributed by atoms with Crippen LogP contribution >= 0.6 is 11.6 Å². The van der Waals surface area contributed by atoms with Gasteiger partial charge in [-0.15, -0.1) is 0 Å². The third-order valence-corrected chi connectivity index (χ3v) is 4.55. The number of H-pyrrole nitrogens is 1. The molecule has 3 rings (SSSR count). The van der Waals surface area contributed by atoms with Crippen LogP contribution in [-0.2, 0) is 6.54 Å². The Kier molecular flexibility index (Phi) is 4.81. The van der Waals surface area contributed by atoms with Crippen molar-refractivity contribution >= 4 is 17.5 Å². The minimum Gasteiger partial charge on any atom is -0.337 e. The second-order valence-corrected chi connectivity index (χ2v) is 6.21. The van der Waals surface area contributed by atoms with E-state index in [-0.39, 0.29) is 22.5 Å². The van der Waals surface area contributed by atoms with Crippen molar-refractivity contribution in [1.29, 1.82) is 0 Å². The zero-order chi connectivity index (χ0) is 16.2. The van der Waals surface area contributed by atoms with Crippen LogP contribution in [0.5, 0.6) is 0 Å². The number of amides is 1. The van der Waals surface area contributed by atoms with E-state index in [0.29, 0.717) is 5.56 Å². The maximum absolute atomic E-state index is 12.8. The van der Waals surface area contributed by atoms with Crippen molar-refractivity contribution in [2.45, 2.75) is 38.3 Å². The fourth-order valence-electron chi connectivity index (χ4n) is 3.03. The number of hydrogen-bond acceptors (Lipinski definition) is 3. The lowest BCUT2D eigenvalue weighted by Crippen LogP contribution is -2.44. The van der Waals surface area contributed by atoms with Gasteiger partial charge in [0, 0.05) is 37.7 Å². The first kappa shape index (κ1) is 15.8. The van der Waals surface area contributed by atoms with E-state index in [4.69, 9.17) is 11.6 Å². The van der Waals surface area contributed by atoms with Crippen LogP contribution in [0.15, 0.2) is 35.8 Å². The van der Waals surface area contributed by atoms with Crippen molar-refractivity contribution in [2.75, 3.05) is 6.54 Å². The largest absolute Gasteiger partial charge is 0.337 e. The minimum atomic E-state index is -0.376. The second-order valence-electron chi connectivity index (χ2n) is 5.80. The lowest BCUT2D eigenvalue weighted by Gasteiger charge is -2.36. The van der Waals surface area contributed by atoms with Crippen molar-refractivity contribution in [2.24, 2.45) is 0 Å². The van der Waals surface area contributed by atoms with Gasteiger partial charge >= 0.3 is 0 Å². The number of nitrogens with zero attached hydrogens (tertiary/aromatic N) is 3. The van der Waals surface area contributed by atoms with Gasteiger partial charge in [0.2, 0.25) is 0 Å². The Balaban J connectivity index is 1.73. The van der Waals surface area contributed by atoms with Crippen molar-refractivity contribution in [3.63, 3.8) is 0 Å². The molecule has 7 heteroatoms. The quantitative estimate of drug-likeness (QED) is 0.932. The topological polar surface area (TPSA) is 71.0 Å². The van der Waals surface area contributed by atoms with Crippen LogP contribution in [0, 0.1) is 0 Å². The molecule has 1 aliphatic rings. The zero-order valence-electron chi connectivity index (χ0n) is 12.7. The molecule has 1 amide bonds. The summed E-state index contributed by atoms with van der Waals surface area (Å²) < 4.78 is 2.02. The predicted molar refractivity (Wildman–Crippen MR) is 87.6 cm³/mol. The monoisotopic (exact) mass is 334 g/mol. The molecular weight excluding hydrogens is 316 g/mol. The molecule has 0 saturated carbocycles. The number of aromatic nitrogens is 3. The molecule has 0 aliphatic carbocycles. The zero-order valence-corrected chi connectivity index (χ0v) is 13.5. The maximum Gasteiger partial charge on any atom is 0.266 e. The molecule has 2 aromatic heterocycles. The van der Waals surface area contributed by atoms with Crippen LogP contribution in [0.2, 0.25) is 5.02 Å². The summed E-state index contributed by atoms with van der Waals surface area (Å²) in [6.07, 6.45) is 10.9. The SMILES string of the molecule is O=C(c1c[nH]c(=O)c(Cl)c1)N1CCCC[C@H]1CCn1ccnc1. The lowest BCUT2D eigenvalue weighted by molar-refractivity contribution is 0.0595. The average Bonchev–Trinajstić information content (AvgIpc) is 3.08. The van der Waals surface area contributed by atoms with E-state index in [1.54, 1.807) is 12.5 Å². The van der Waals surface area contributed by atoms with Crippen molar-refractivity contribution < 1.29 is 4.79 Å². The molecule has 0 bridgehead atoms. The highest BCUT2D eigenvalue weighted by Crippen LogP contribution is 2.22. The van der Waals surface area contributed by atoms with Gasteiger partial charge in [0.1, 0.15) is 5.02 Å². The van der Waals surface area contributed by atoms with Gasteiger partial charge in [0.25, 0.3) is 11.5 Å². The number of rotatable bonds is 4. The molecule has 1 atom stereocenters. The summed E-state index contributed by atoms with van der Waals surface area (Å²) in [7, 11) is 0. The van der Waals surface area contributed by atoms with Gasteiger partial charge in [-0.1, -0.05) is 11.6 Å². The summed E-state index contributed by atoms with van der Waals surface area (Å²) in [5.74, 6) is -0.0709. The number of halogens is 1. The molecule has 23 heavy (non-hydrogen) atoms. The Bertz CT molecular complexity index is 726. The van der Waals surface area contributed by atoms with Crippen LogP contribution in [0.3, 0.4) is 0 Å². The van der Waals surface area contributed by atoms with Crippen LogP contribution < -0.4 is 5.56 Å². The first-order chi connectivity index (χ1) is 11.1. The van der Waals surface area contributed by atoms with E-state index >= 15 is 0 Å². The molecule has 0 unspecified atom stereocenters. The van der Waals surface area contributed by atoms with E-state index in [0.717, 1.165) is 38.8 Å². The Morgan fingerprint density at radius 2 is 2.30 bits per heavy atom. The Hall–Kier alpha value is -2.08. The maximum atomic E-state index is 12.8. The van der Waals surface area contributed by atoms with Crippen LogP contribution in [0.1, 0.15) is 36.0 Å². The highest BCUT2D eigenvalue weighted by molar-refractivity contribution is 6.30. The molecule has 3 heterocycles. The van der Waals surface area contributed by atoms with E-state index in [1.807, 2.05) is 15.7 Å². The number of piperidine rings is 1. The smallest absolute Gasteiger partial charge is 0.266 e. The number of carbonyl (C=O) groups excluding carboxylic acids is 1. The fourth-order valence-corrected chi connectivity index (χ4v) is 3.20. The lowest BCUT2D eigenvalue weighted by atomic mass is 9.98. The number of nitrogens with one attached hydrogen (secondary N) is 1. The first-order valence-corrected chi connectivity index (χ1v) is 8.18. The normalized spacial score (nSPS) is 18.1. The van der Waals surface area contributed by atoms with Gasteiger partial charge in [-0.25, -0.2) is 4.98 Å². The molecular formula is C16H19ClN4O2. The average molecular weight is 335 g/mol. The molecule has 1 saturated heterocycles. The van der Waals surface area contributed by atoms with Crippen LogP contribution in [0.4, 0.5) is 0 Å². The van der Waals surface area contributed by atoms with Crippen molar-refractivity contribution in [3.05, 3.63) is 51.9 Å². The molecule has 1 fully saturated rings. The molecule has 6 nitrogen and oxygen atoms in total. The van der Waals surface area contributed by atoms with Gasteiger partial charge in [-0.2, -0.15) is 0 Å². The number of carbonyl (C=O) groups is 1. The van der Waals surface area contributed by atoms with E-state index in [1.165, 1.54) is 12.3 Å². The van der Waals surface area contributed by atoms with Gasteiger partial charge < -0.3 is 14.5 Å². The number of imidazole rings is 1. The van der Waals surface area contributed by atoms with Crippen molar-refractivity contribution in [3.8, 4) is 0 Å². The summed E-state index contributed by atoms with van der Waals surface area (Å²) in [6.45, 7) is 1.57. The summed E-state index contributed by atoms with van der Waals surface area (Å²) >= 11 is 5.84. The summed E-state index contributed by atoms with van der Waals surface area (Å²) in [4.78, 5) is 32.6. The molecule has 0 spiro atoms. The minimum absolute atomic E-state index is 0.0443. The Labute approximate surface area is 139 Å². The third-order valence-electron chi connectivity index (χ3n) is 4.27. The van der Waals surface area contributed by atoms with Crippen molar-refractivity contribution in [1.82, 2.24) is 19.4 Å². The summed E-state index contributed by atoms with van der Waals surface area (Å²) in [5.41, 5.74) is 0.0580. The molecule has 0 aromatic carbocycles. The highest BCUT2D eigenvalue weighted by Gasteiger charge is 2.27. The highest BCUT2D eigenvalue weighted by atomic mass is 35.5. The number of hydrogen-bond donors (Lipinski definition) is 1. The summed E-state index contributed by atoms with van der Waals surface area (Å²) in [5, 5.41) is 0.0443. The van der Waals surface area contributed by atoms with Gasteiger partial charge in [-0.05, 0) is 31.7 Å². The third kappa shape index (κ3) is 3.64.